The number of esters is 1. The first-order chi connectivity index (χ1) is 10.00. The molecule has 2 atom stereocenters. The van der Waals surface area contributed by atoms with Gasteiger partial charge in [0.15, 0.2) is 0 Å². The fourth-order valence-corrected chi connectivity index (χ4v) is 3.61. The number of carbonyl (C=O) groups is 1. The first-order valence-corrected chi connectivity index (χ1v) is 8.45. The average Bonchev–Trinajstić information content (AvgIpc) is 2.45. The second-order valence-corrected chi connectivity index (χ2v) is 6.70. The summed E-state index contributed by atoms with van der Waals surface area (Å²) in [4.78, 5) is 12.2. The second-order valence-electron chi connectivity index (χ2n) is 5.79. The molecule has 0 heterocycles. The van der Waals surface area contributed by atoms with Crippen molar-refractivity contribution >= 4 is 21.9 Å². The molecule has 2 unspecified atom stereocenters. The van der Waals surface area contributed by atoms with Crippen molar-refractivity contribution in [3.8, 4) is 0 Å². The van der Waals surface area contributed by atoms with Gasteiger partial charge in [-0.15, -0.1) is 0 Å². The Morgan fingerprint density at radius 3 is 2.86 bits per heavy atom. The Balaban J connectivity index is 2.24. The van der Waals surface area contributed by atoms with E-state index in [-0.39, 0.29) is 5.97 Å². The first-order valence-electron chi connectivity index (χ1n) is 7.66. The highest BCUT2D eigenvalue weighted by Crippen LogP contribution is 2.37. The Morgan fingerprint density at radius 2 is 2.19 bits per heavy atom. The number of aryl methyl sites for hydroxylation is 1. The Bertz CT molecular complexity index is 515. The fourth-order valence-electron chi connectivity index (χ4n) is 3.20. The quantitative estimate of drug-likeness (QED) is 0.821. The molecule has 21 heavy (non-hydrogen) atoms. The van der Waals surface area contributed by atoms with Gasteiger partial charge in [-0.3, -0.25) is 4.79 Å². The second kappa shape index (κ2) is 6.93. The number of ether oxygens (including phenoxy) is 1. The highest BCUT2D eigenvalue weighted by atomic mass is 79.9. The van der Waals surface area contributed by atoms with Crippen molar-refractivity contribution in [3.63, 3.8) is 0 Å². The van der Waals surface area contributed by atoms with Gasteiger partial charge in [0, 0.05) is 10.9 Å². The van der Waals surface area contributed by atoms with Crippen molar-refractivity contribution in [3.05, 3.63) is 33.8 Å². The lowest BCUT2D eigenvalue weighted by Crippen LogP contribution is -2.47. The van der Waals surface area contributed by atoms with Crippen LogP contribution in [0.3, 0.4) is 0 Å². The number of aliphatic hydroxyl groups is 1. The number of halogens is 1. The molecule has 0 amide bonds. The largest absolute Gasteiger partial charge is 0.466 e. The van der Waals surface area contributed by atoms with Gasteiger partial charge in [0.05, 0.1) is 18.1 Å². The van der Waals surface area contributed by atoms with Crippen molar-refractivity contribution in [1.82, 2.24) is 0 Å². The van der Waals surface area contributed by atoms with Crippen molar-refractivity contribution in [2.75, 3.05) is 6.61 Å². The minimum atomic E-state index is -0.983. The van der Waals surface area contributed by atoms with Gasteiger partial charge in [0.25, 0.3) is 0 Å². The van der Waals surface area contributed by atoms with Crippen molar-refractivity contribution in [2.24, 2.45) is 5.92 Å². The van der Waals surface area contributed by atoms with Crippen LogP contribution in [0.4, 0.5) is 0 Å². The van der Waals surface area contributed by atoms with Crippen LogP contribution in [0, 0.1) is 5.92 Å². The molecule has 0 bridgehead atoms. The average molecular weight is 355 g/mol. The van der Waals surface area contributed by atoms with E-state index >= 15 is 0 Å². The monoisotopic (exact) mass is 354 g/mol. The van der Waals surface area contributed by atoms with Crippen LogP contribution in [0.15, 0.2) is 22.7 Å². The third-order valence-electron chi connectivity index (χ3n) is 4.29. The van der Waals surface area contributed by atoms with Crippen molar-refractivity contribution < 1.29 is 14.6 Å². The lowest BCUT2D eigenvalue weighted by molar-refractivity contribution is -0.160. The number of hydrogen-bond donors (Lipinski definition) is 1. The Kier molecular flexibility index (Phi) is 5.44. The van der Waals surface area contributed by atoms with Crippen molar-refractivity contribution in [2.45, 2.75) is 51.6 Å². The summed E-state index contributed by atoms with van der Waals surface area (Å²) in [5, 5.41) is 11.1. The maximum Gasteiger partial charge on any atom is 0.311 e. The standard InChI is InChI=1S/C17H23BrO3/c1-3-5-15(16(19)21-4-2)17(20)9-8-12-10-14(18)7-6-13(12)11-17/h6-7,10,15,20H,3-5,8-9,11H2,1-2H3. The molecule has 1 aromatic carbocycles. The Labute approximate surface area is 134 Å². The van der Waals surface area contributed by atoms with Crippen LogP contribution in [-0.2, 0) is 22.4 Å². The third-order valence-corrected chi connectivity index (χ3v) is 4.78. The molecule has 1 aromatic rings. The van der Waals surface area contributed by atoms with E-state index in [4.69, 9.17) is 4.74 Å². The number of benzene rings is 1. The van der Waals surface area contributed by atoms with Crippen LogP contribution in [-0.4, -0.2) is 23.3 Å². The van der Waals surface area contributed by atoms with Crippen LogP contribution in [0.2, 0.25) is 0 Å². The normalized spacial score (nSPS) is 22.5. The van der Waals surface area contributed by atoms with Crippen LogP contribution in [0.1, 0.15) is 44.2 Å². The molecule has 1 N–H and O–H groups in total. The molecule has 116 valence electrons. The van der Waals surface area contributed by atoms with Crippen LogP contribution in [0.5, 0.6) is 0 Å². The van der Waals surface area contributed by atoms with E-state index in [0.29, 0.717) is 25.9 Å². The molecule has 1 aliphatic rings. The van der Waals surface area contributed by atoms with E-state index in [9.17, 15) is 9.90 Å². The van der Waals surface area contributed by atoms with Gasteiger partial charge in [-0.05, 0) is 49.4 Å². The summed E-state index contributed by atoms with van der Waals surface area (Å²) in [6.45, 7) is 4.20. The van der Waals surface area contributed by atoms with E-state index < -0.39 is 11.5 Å². The molecule has 0 aromatic heterocycles. The van der Waals surface area contributed by atoms with E-state index in [0.717, 1.165) is 22.9 Å². The van der Waals surface area contributed by atoms with E-state index in [1.165, 1.54) is 5.56 Å². The lowest BCUT2D eigenvalue weighted by Gasteiger charge is -2.38. The van der Waals surface area contributed by atoms with E-state index in [2.05, 4.69) is 22.0 Å². The molecule has 0 saturated heterocycles. The zero-order valence-electron chi connectivity index (χ0n) is 12.7. The zero-order chi connectivity index (χ0) is 15.5. The minimum absolute atomic E-state index is 0.262. The topological polar surface area (TPSA) is 46.5 Å². The molecule has 0 radical (unpaired) electrons. The zero-order valence-corrected chi connectivity index (χ0v) is 14.3. The number of hydrogen-bond acceptors (Lipinski definition) is 3. The minimum Gasteiger partial charge on any atom is -0.466 e. The fraction of sp³-hybridized carbons (Fsp3) is 0.588. The Hall–Kier alpha value is -0.870. The lowest BCUT2D eigenvalue weighted by atomic mass is 9.72. The van der Waals surface area contributed by atoms with Crippen molar-refractivity contribution in [1.29, 1.82) is 0 Å². The molecular formula is C17H23BrO3. The van der Waals surface area contributed by atoms with Gasteiger partial charge in [-0.25, -0.2) is 0 Å². The van der Waals surface area contributed by atoms with Gasteiger partial charge in [-0.2, -0.15) is 0 Å². The van der Waals surface area contributed by atoms with Gasteiger partial charge in [-0.1, -0.05) is 35.3 Å². The number of rotatable bonds is 5. The highest BCUT2D eigenvalue weighted by molar-refractivity contribution is 9.10. The smallest absolute Gasteiger partial charge is 0.311 e. The maximum atomic E-state index is 12.2. The molecule has 3 nitrogen and oxygen atoms in total. The first kappa shape index (κ1) is 16.5. The molecule has 1 aliphatic carbocycles. The summed E-state index contributed by atoms with van der Waals surface area (Å²) in [5.41, 5.74) is 1.41. The maximum absolute atomic E-state index is 12.2. The molecular weight excluding hydrogens is 332 g/mol. The van der Waals surface area contributed by atoms with Crippen LogP contribution < -0.4 is 0 Å². The van der Waals surface area contributed by atoms with E-state index in [1.807, 2.05) is 19.1 Å². The third kappa shape index (κ3) is 3.67. The predicted octanol–water partition coefficient (Wildman–Crippen LogP) is 3.65. The van der Waals surface area contributed by atoms with Gasteiger partial charge < -0.3 is 9.84 Å². The molecule has 2 rings (SSSR count). The predicted molar refractivity (Wildman–Crippen MR) is 86.1 cm³/mol. The summed E-state index contributed by atoms with van der Waals surface area (Å²) in [5.74, 6) is -0.693. The summed E-state index contributed by atoms with van der Waals surface area (Å²) in [6, 6.07) is 6.13. The summed E-state index contributed by atoms with van der Waals surface area (Å²) in [6.07, 6.45) is 3.46. The molecule has 0 saturated carbocycles. The molecule has 4 heteroatoms. The molecule has 0 fully saturated rings. The van der Waals surface area contributed by atoms with Crippen LogP contribution >= 0.6 is 15.9 Å². The summed E-state index contributed by atoms with van der Waals surface area (Å²) >= 11 is 3.48. The highest BCUT2D eigenvalue weighted by Gasteiger charge is 2.43. The van der Waals surface area contributed by atoms with Gasteiger partial charge in [0.1, 0.15) is 0 Å². The van der Waals surface area contributed by atoms with Crippen LogP contribution in [0.25, 0.3) is 0 Å². The summed E-state index contributed by atoms with van der Waals surface area (Å²) < 4.78 is 6.23. The number of carbonyl (C=O) groups excluding carboxylic acids is 1. The van der Waals surface area contributed by atoms with Gasteiger partial charge >= 0.3 is 5.97 Å². The Morgan fingerprint density at radius 1 is 1.43 bits per heavy atom. The van der Waals surface area contributed by atoms with Gasteiger partial charge in [0.2, 0.25) is 0 Å². The van der Waals surface area contributed by atoms with E-state index in [1.54, 1.807) is 6.92 Å². The molecule has 0 aliphatic heterocycles. The molecule has 0 spiro atoms. The number of fused-ring (bicyclic) bond motifs is 1. The summed E-state index contributed by atoms with van der Waals surface area (Å²) in [7, 11) is 0. The SMILES string of the molecule is CCCC(C(=O)OCC)C1(O)CCc2cc(Br)ccc2C1.